The lowest BCUT2D eigenvalue weighted by Gasteiger charge is -2.12. The van der Waals surface area contributed by atoms with Gasteiger partial charge >= 0.3 is 0 Å². The third kappa shape index (κ3) is 5.14. The Kier molecular flexibility index (Phi) is 7.16. The molecule has 0 spiro atoms. The van der Waals surface area contributed by atoms with Gasteiger partial charge in [0, 0.05) is 24.1 Å². The molecular weight excluding hydrogens is 435 g/mol. The number of hydrogen-bond donors (Lipinski definition) is 2. The lowest BCUT2D eigenvalue weighted by molar-refractivity contribution is 0.553. The molecule has 0 bridgehead atoms. The van der Waals surface area contributed by atoms with Gasteiger partial charge in [0.1, 0.15) is 11.6 Å². The molecule has 0 amide bonds. The van der Waals surface area contributed by atoms with Gasteiger partial charge in [0.2, 0.25) is 0 Å². The second kappa shape index (κ2) is 9.12. The molecule has 0 aromatic heterocycles. The fourth-order valence-electron chi connectivity index (χ4n) is 2.79. The highest BCUT2D eigenvalue weighted by atomic mass is 127. The quantitative estimate of drug-likeness (QED) is 0.402. The van der Waals surface area contributed by atoms with E-state index in [0.717, 1.165) is 12.1 Å². The van der Waals surface area contributed by atoms with Crippen molar-refractivity contribution in [1.29, 1.82) is 0 Å². The number of aliphatic imine (C=N–C) groups is 1. The van der Waals surface area contributed by atoms with Crippen LogP contribution >= 0.6 is 24.0 Å². The highest BCUT2D eigenvalue weighted by molar-refractivity contribution is 14.0. The van der Waals surface area contributed by atoms with Gasteiger partial charge in [-0.2, -0.15) is 0 Å². The van der Waals surface area contributed by atoms with E-state index in [1.165, 1.54) is 18.2 Å². The van der Waals surface area contributed by atoms with Gasteiger partial charge in [-0.25, -0.2) is 13.8 Å². The van der Waals surface area contributed by atoms with E-state index in [4.69, 9.17) is 0 Å². The number of benzene rings is 2. The van der Waals surface area contributed by atoms with Crippen LogP contribution in [0, 0.1) is 11.6 Å². The molecule has 0 aliphatic heterocycles. The highest BCUT2D eigenvalue weighted by Crippen LogP contribution is 2.43. The number of rotatable bonds is 5. The molecule has 134 valence electrons. The molecule has 1 aliphatic carbocycles. The van der Waals surface area contributed by atoms with E-state index >= 15 is 0 Å². The summed E-state index contributed by atoms with van der Waals surface area (Å²) in [5.41, 5.74) is 1.29. The fourth-order valence-corrected chi connectivity index (χ4v) is 2.79. The molecule has 2 N–H and O–H groups in total. The van der Waals surface area contributed by atoms with Gasteiger partial charge in [-0.15, -0.1) is 24.0 Å². The van der Waals surface area contributed by atoms with Crippen LogP contribution < -0.4 is 10.6 Å². The third-order valence-corrected chi connectivity index (χ3v) is 4.09. The van der Waals surface area contributed by atoms with Crippen LogP contribution in [-0.4, -0.2) is 18.5 Å². The maximum atomic E-state index is 13.9. The first-order chi connectivity index (χ1) is 11.7. The zero-order valence-electron chi connectivity index (χ0n) is 14.0. The fraction of sp³-hybridized carbons (Fsp3) is 0.316. The van der Waals surface area contributed by atoms with Crippen LogP contribution in [0.5, 0.6) is 0 Å². The van der Waals surface area contributed by atoms with Crippen molar-refractivity contribution in [3.63, 3.8) is 0 Å². The molecule has 1 saturated carbocycles. The van der Waals surface area contributed by atoms with Crippen LogP contribution in [0.3, 0.4) is 0 Å². The van der Waals surface area contributed by atoms with E-state index in [0.29, 0.717) is 18.9 Å². The minimum absolute atomic E-state index is 0. The molecule has 2 aromatic rings. The number of nitrogens with zero attached hydrogens (tertiary/aromatic N) is 1. The summed E-state index contributed by atoms with van der Waals surface area (Å²) in [4.78, 5) is 4.54. The van der Waals surface area contributed by atoms with Crippen LogP contribution in [0.1, 0.15) is 30.4 Å². The van der Waals surface area contributed by atoms with Crippen molar-refractivity contribution >= 4 is 29.9 Å². The summed E-state index contributed by atoms with van der Waals surface area (Å²) >= 11 is 0. The van der Waals surface area contributed by atoms with E-state index < -0.39 is 11.6 Å². The van der Waals surface area contributed by atoms with Gasteiger partial charge in [0.05, 0.1) is 6.54 Å². The average molecular weight is 457 g/mol. The Morgan fingerprint density at radius 1 is 1.08 bits per heavy atom. The minimum atomic E-state index is -0.476. The molecule has 2 aromatic carbocycles. The molecule has 3 rings (SSSR count). The molecular formula is C19H22F2IN3. The highest BCUT2D eigenvalue weighted by Gasteiger charge is 2.42. The summed E-state index contributed by atoms with van der Waals surface area (Å²) in [6, 6.07) is 14.0. The lowest BCUT2D eigenvalue weighted by atomic mass is 10.1. The summed E-state index contributed by atoms with van der Waals surface area (Å²) in [5.74, 6) is -0.427. The summed E-state index contributed by atoms with van der Waals surface area (Å²) in [6.45, 7) is 3.27. The average Bonchev–Trinajstić information content (AvgIpc) is 3.32. The normalized spacial score (nSPS) is 19.1. The van der Waals surface area contributed by atoms with Crippen LogP contribution in [0.2, 0.25) is 0 Å². The molecule has 0 saturated heterocycles. The number of halogens is 3. The van der Waals surface area contributed by atoms with Gasteiger partial charge in [-0.05, 0) is 31.0 Å². The smallest absolute Gasteiger partial charge is 0.191 e. The Labute approximate surface area is 164 Å². The van der Waals surface area contributed by atoms with E-state index in [9.17, 15) is 8.78 Å². The lowest BCUT2D eigenvalue weighted by Crippen LogP contribution is -2.39. The summed E-state index contributed by atoms with van der Waals surface area (Å²) in [6.07, 6.45) is 0.702. The van der Waals surface area contributed by atoms with Crippen molar-refractivity contribution in [1.82, 2.24) is 10.6 Å². The monoisotopic (exact) mass is 457 g/mol. The van der Waals surface area contributed by atoms with Crippen molar-refractivity contribution < 1.29 is 8.78 Å². The minimum Gasteiger partial charge on any atom is -0.357 e. The Morgan fingerprint density at radius 2 is 1.76 bits per heavy atom. The molecule has 25 heavy (non-hydrogen) atoms. The largest absolute Gasteiger partial charge is 0.357 e. The van der Waals surface area contributed by atoms with Gasteiger partial charge in [0.15, 0.2) is 5.96 Å². The van der Waals surface area contributed by atoms with Crippen molar-refractivity contribution in [2.75, 3.05) is 6.54 Å². The van der Waals surface area contributed by atoms with Crippen molar-refractivity contribution in [3.8, 4) is 0 Å². The van der Waals surface area contributed by atoms with Crippen LogP contribution in [0.4, 0.5) is 8.78 Å². The third-order valence-electron chi connectivity index (χ3n) is 4.09. The van der Waals surface area contributed by atoms with E-state index in [1.54, 1.807) is 0 Å². The number of nitrogens with one attached hydrogen (secondary N) is 2. The van der Waals surface area contributed by atoms with E-state index in [-0.39, 0.29) is 41.5 Å². The standard InChI is InChI=1S/C19H21F2N3.HI/c1-2-22-19(23-12-13-7-4-3-5-8-13)24-17-11-14(17)18-15(20)9-6-10-16(18)21;/h3-10,14,17H,2,11-12H2,1H3,(H2,22,23,24);1H. The Hall–Kier alpha value is -1.70. The maximum absolute atomic E-state index is 13.9. The van der Waals surface area contributed by atoms with Crippen molar-refractivity contribution in [3.05, 3.63) is 71.3 Å². The molecule has 2 atom stereocenters. The van der Waals surface area contributed by atoms with Crippen molar-refractivity contribution in [2.24, 2.45) is 4.99 Å². The second-order valence-electron chi connectivity index (χ2n) is 5.91. The van der Waals surface area contributed by atoms with E-state index in [1.807, 2.05) is 37.3 Å². The first kappa shape index (κ1) is 19.6. The molecule has 1 fully saturated rings. The zero-order valence-corrected chi connectivity index (χ0v) is 16.3. The second-order valence-corrected chi connectivity index (χ2v) is 5.91. The van der Waals surface area contributed by atoms with E-state index in [2.05, 4.69) is 15.6 Å². The van der Waals surface area contributed by atoms with Gasteiger partial charge in [0.25, 0.3) is 0 Å². The molecule has 1 aliphatic rings. The first-order valence-electron chi connectivity index (χ1n) is 8.21. The Balaban J connectivity index is 0.00000225. The zero-order chi connectivity index (χ0) is 16.9. The van der Waals surface area contributed by atoms with Gasteiger partial charge in [-0.3, -0.25) is 0 Å². The van der Waals surface area contributed by atoms with Crippen LogP contribution in [0.25, 0.3) is 0 Å². The van der Waals surface area contributed by atoms with Crippen LogP contribution in [0.15, 0.2) is 53.5 Å². The SMILES string of the molecule is CCNC(=NCc1ccccc1)NC1CC1c1c(F)cccc1F.I. The molecule has 6 heteroatoms. The predicted molar refractivity (Wildman–Crippen MR) is 107 cm³/mol. The van der Waals surface area contributed by atoms with Crippen LogP contribution in [-0.2, 0) is 6.54 Å². The topological polar surface area (TPSA) is 36.4 Å². The summed E-state index contributed by atoms with van der Waals surface area (Å²) < 4.78 is 27.7. The molecule has 0 heterocycles. The first-order valence-corrected chi connectivity index (χ1v) is 8.21. The van der Waals surface area contributed by atoms with Crippen molar-refractivity contribution in [2.45, 2.75) is 31.8 Å². The Bertz CT molecular complexity index is 702. The maximum Gasteiger partial charge on any atom is 0.191 e. The predicted octanol–water partition coefficient (Wildman–Crippen LogP) is 4.19. The van der Waals surface area contributed by atoms with Gasteiger partial charge < -0.3 is 10.6 Å². The molecule has 3 nitrogen and oxygen atoms in total. The number of guanidine groups is 1. The molecule has 0 radical (unpaired) electrons. The summed E-state index contributed by atoms with van der Waals surface area (Å²) in [5, 5.41) is 6.45. The molecule has 2 unspecified atom stereocenters. The Morgan fingerprint density at radius 3 is 2.40 bits per heavy atom. The number of hydrogen-bond acceptors (Lipinski definition) is 1. The summed E-state index contributed by atoms with van der Waals surface area (Å²) in [7, 11) is 0. The van der Waals surface area contributed by atoms with Gasteiger partial charge in [-0.1, -0.05) is 36.4 Å².